The molecule has 0 atom stereocenters. The maximum absolute atomic E-state index is 9.81. The second-order valence-electron chi connectivity index (χ2n) is 3.38. The van der Waals surface area contributed by atoms with Crippen molar-refractivity contribution in [3.05, 3.63) is 33.9 Å². The lowest BCUT2D eigenvalue weighted by Gasteiger charge is -1.97. The molecule has 0 saturated carbocycles. The molecule has 80 valence electrons. The van der Waals surface area contributed by atoms with E-state index >= 15 is 0 Å². The van der Waals surface area contributed by atoms with Crippen LogP contribution >= 0.6 is 38.9 Å². The summed E-state index contributed by atoms with van der Waals surface area (Å²) < 4.78 is 2.96. The van der Waals surface area contributed by atoms with Gasteiger partial charge >= 0.3 is 0 Å². The topological polar surface area (TPSA) is 33.1 Å². The molecule has 2 nitrogen and oxygen atoms in total. The van der Waals surface area contributed by atoms with E-state index in [9.17, 15) is 5.11 Å². The molecule has 1 aromatic carbocycles. The molecule has 0 saturated heterocycles. The van der Waals surface area contributed by atoms with Gasteiger partial charge in [0, 0.05) is 21.3 Å². The summed E-state index contributed by atoms with van der Waals surface area (Å²) >= 11 is 11.0. The number of aromatic nitrogens is 1. The predicted molar refractivity (Wildman–Crippen MR) is 71.5 cm³/mol. The number of thiophene rings is 1. The van der Waals surface area contributed by atoms with Gasteiger partial charge in [-0.15, -0.1) is 11.3 Å². The van der Waals surface area contributed by atoms with E-state index in [0.29, 0.717) is 5.02 Å². The minimum Gasteiger partial charge on any atom is -0.493 e. The van der Waals surface area contributed by atoms with Crippen molar-refractivity contribution in [2.24, 2.45) is 0 Å². The molecule has 0 unspecified atom stereocenters. The molecule has 1 N–H and O–H groups in total. The molecule has 2 heterocycles. The van der Waals surface area contributed by atoms with Gasteiger partial charge in [0.15, 0.2) is 0 Å². The van der Waals surface area contributed by atoms with Crippen molar-refractivity contribution in [1.82, 2.24) is 4.98 Å². The minimum atomic E-state index is 0.0479. The molecule has 0 amide bonds. The molecule has 0 spiro atoms. The highest BCUT2D eigenvalue weighted by atomic mass is 79.9. The van der Waals surface area contributed by atoms with Crippen molar-refractivity contribution in [3.63, 3.8) is 0 Å². The standard InChI is InChI=1S/C11H5BrClNOS/c12-7-4-14-11(15)9-6-3-5(13)1-2-8(6)16-10(7)9/h1-4H,(H,14,15). The molecule has 0 aliphatic heterocycles. The third-order valence-corrected chi connectivity index (χ3v) is 4.69. The number of halogens is 2. The Hall–Kier alpha value is -0.840. The van der Waals surface area contributed by atoms with Crippen LogP contribution in [0.3, 0.4) is 0 Å². The smallest absolute Gasteiger partial charge is 0.220 e. The van der Waals surface area contributed by atoms with Crippen LogP contribution in [0.1, 0.15) is 0 Å². The van der Waals surface area contributed by atoms with Gasteiger partial charge in [0.1, 0.15) is 0 Å². The minimum absolute atomic E-state index is 0.0479. The summed E-state index contributed by atoms with van der Waals surface area (Å²) in [6.07, 6.45) is 1.61. The van der Waals surface area contributed by atoms with Crippen LogP contribution < -0.4 is 0 Å². The molecule has 0 fully saturated rings. The summed E-state index contributed by atoms with van der Waals surface area (Å²) in [6, 6.07) is 5.65. The number of hydrogen-bond donors (Lipinski definition) is 1. The number of benzene rings is 1. The first-order chi connectivity index (χ1) is 7.66. The molecule has 5 heteroatoms. The molecule has 0 aliphatic rings. The lowest BCUT2D eigenvalue weighted by Crippen LogP contribution is -1.76. The van der Waals surface area contributed by atoms with Gasteiger partial charge in [0.25, 0.3) is 0 Å². The Morgan fingerprint density at radius 1 is 1.38 bits per heavy atom. The first kappa shape index (κ1) is 10.3. The lowest BCUT2D eigenvalue weighted by molar-refractivity contribution is 0.461. The van der Waals surface area contributed by atoms with E-state index in [-0.39, 0.29) is 5.88 Å². The van der Waals surface area contributed by atoms with Gasteiger partial charge in [-0.05, 0) is 34.1 Å². The van der Waals surface area contributed by atoms with E-state index in [1.165, 1.54) is 0 Å². The van der Waals surface area contributed by atoms with Crippen LogP contribution in [-0.2, 0) is 0 Å². The molecule has 16 heavy (non-hydrogen) atoms. The van der Waals surface area contributed by atoms with Crippen LogP contribution in [0.5, 0.6) is 5.88 Å². The van der Waals surface area contributed by atoms with Crippen LogP contribution in [-0.4, -0.2) is 10.1 Å². The van der Waals surface area contributed by atoms with Crippen molar-refractivity contribution in [2.45, 2.75) is 0 Å². The summed E-state index contributed by atoms with van der Waals surface area (Å²) in [5.41, 5.74) is 0. The van der Waals surface area contributed by atoms with Crippen molar-refractivity contribution in [3.8, 4) is 5.88 Å². The van der Waals surface area contributed by atoms with Crippen molar-refractivity contribution >= 4 is 59.0 Å². The Kier molecular flexibility index (Phi) is 2.31. The van der Waals surface area contributed by atoms with E-state index in [0.717, 1.165) is 24.6 Å². The summed E-state index contributed by atoms with van der Waals surface area (Å²) in [4.78, 5) is 3.93. The largest absolute Gasteiger partial charge is 0.493 e. The average molecular weight is 315 g/mol. The molecule has 0 bridgehead atoms. The Bertz CT molecular complexity index is 710. The fourth-order valence-corrected chi connectivity index (χ4v) is 3.50. The molecular weight excluding hydrogens is 310 g/mol. The Balaban J connectivity index is 2.62. The van der Waals surface area contributed by atoms with Crippen LogP contribution in [0.4, 0.5) is 0 Å². The highest BCUT2D eigenvalue weighted by Crippen LogP contribution is 2.42. The summed E-state index contributed by atoms with van der Waals surface area (Å²) in [7, 11) is 0. The van der Waals surface area contributed by atoms with E-state index in [4.69, 9.17) is 11.6 Å². The first-order valence-corrected chi connectivity index (χ1v) is 6.51. The second kappa shape index (κ2) is 3.58. The van der Waals surface area contributed by atoms with Crippen molar-refractivity contribution in [2.75, 3.05) is 0 Å². The van der Waals surface area contributed by atoms with E-state index in [1.54, 1.807) is 17.5 Å². The van der Waals surface area contributed by atoms with E-state index in [1.807, 2.05) is 18.2 Å². The van der Waals surface area contributed by atoms with Gasteiger partial charge in [0.05, 0.1) is 14.6 Å². The number of pyridine rings is 1. The summed E-state index contributed by atoms with van der Waals surface area (Å²) in [6.45, 7) is 0. The number of aromatic hydroxyl groups is 1. The zero-order valence-corrected chi connectivity index (χ0v) is 11.0. The lowest BCUT2D eigenvalue weighted by atomic mass is 10.2. The van der Waals surface area contributed by atoms with Crippen LogP contribution in [0.2, 0.25) is 5.02 Å². The fraction of sp³-hybridized carbons (Fsp3) is 0. The number of rotatable bonds is 0. The van der Waals surface area contributed by atoms with Gasteiger partial charge in [-0.3, -0.25) is 0 Å². The Labute approximate surface area is 109 Å². The highest BCUT2D eigenvalue weighted by Gasteiger charge is 2.12. The maximum atomic E-state index is 9.81. The quantitative estimate of drug-likeness (QED) is 0.659. The van der Waals surface area contributed by atoms with Crippen LogP contribution in [0.25, 0.3) is 20.2 Å². The van der Waals surface area contributed by atoms with Crippen molar-refractivity contribution < 1.29 is 5.11 Å². The summed E-state index contributed by atoms with van der Waals surface area (Å²) in [5, 5.41) is 12.2. The SMILES string of the molecule is Oc1ncc(Br)c2sc3ccc(Cl)cc3c12. The zero-order valence-electron chi connectivity index (χ0n) is 7.87. The Morgan fingerprint density at radius 3 is 3.00 bits per heavy atom. The molecule has 2 aromatic heterocycles. The highest BCUT2D eigenvalue weighted by molar-refractivity contribution is 9.10. The van der Waals surface area contributed by atoms with E-state index < -0.39 is 0 Å². The molecule has 3 aromatic rings. The number of nitrogens with zero attached hydrogens (tertiary/aromatic N) is 1. The third-order valence-electron chi connectivity index (χ3n) is 2.39. The third kappa shape index (κ3) is 1.41. The average Bonchev–Trinajstić information content (AvgIpc) is 2.63. The van der Waals surface area contributed by atoms with Crippen LogP contribution in [0, 0.1) is 0 Å². The predicted octanol–water partition coefficient (Wildman–Crippen LogP) is 4.57. The van der Waals surface area contributed by atoms with Gasteiger partial charge in [-0.2, -0.15) is 0 Å². The number of hydrogen-bond acceptors (Lipinski definition) is 3. The zero-order chi connectivity index (χ0) is 11.3. The molecule has 0 radical (unpaired) electrons. The molecular formula is C11H5BrClNOS. The van der Waals surface area contributed by atoms with Gasteiger partial charge in [-0.25, -0.2) is 4.98 Å². The van der Waals surface area contributed by atoms with Gasteiger partial charge in [-0.1, -0.05) is 11.6 Å². The maximum Gasteiger partial charge on any atom is 0.220 e. The monoisotopic (exact) mass is 313 g/mol. The first-order valence-electron chi connectivity index (χ1n) is 4.52. The van der Waals surface area contributed by atoms with E-state index in [2.05, 4.69) is 20.9 Å². The number of fused-ring (bicyclic) bond motifs is 3. The molecule has 0 aliphatic carbocycles. The fourth-order valence-electron chi connectivity index (χ4n) is 1.70. The normalized spacial score (nSPS) is 11.4. The second-order valence-corrected chi connectivity index (χ2v) is 5.72. The molecule has 3 rings (SSSR count). The van der Waals surface area contributed by atoms with Gasteiger partial charge in [0.2, 0.25) is 5.88 Å². The van der Waals surface area contributed by atoms with Crippen molar-refractivity contribution in [1.29, 1.82) is 0 Å². The van der Waals surface area contributed by atoms with Gasteiger partial charge < -0.3 is 5.11 Å². The summed E-state index contributed by atoms with van der Waals surface area (Å²) in [5.74, 6) is 0.0479. The Morgan fingerprint density at radius 2 is 2.19 bits per heavy atom. The van der Waals surface area contributed by atoms with Crippen LogP contribution in [0.15, 0.2) is 28.9 Å².